The van der Waals surface area contributed by atoms with Gasteiger partial charge >= 0.3 is 0 Å². The molecule has 1 saturated heterocycles. The molecule has 1 amide bonds. The molecule has 8 atom stereocenters. The summed E-state index contributed by atoms with van der Waals surface area (Å²) in [5.41, 5.74) is 0. The Morgan fingerprint density at radius 1 is 0.523 bits per heavy atom. The van der Waals surface area contributed by atoms with Crippen LogP contribution in [-0.4, -0.2) is 98.7 Å². The molecule has 8 unspecified atom stereocenters. The lowest BCUT2D eigenvalue weighted by molar-refractivity contribution is -0.302. The number of hydrogen-bond acceptors (Lipinski definition) is 9. The first kappa shape index (κ1) is 61.4. The van der Waals surface area contributed by atoms with Crippen LogP contribution >= 0.6 is 0 Å². The first-order valence-electron chi connectivity index (χ1n) is 27.3. The van der Waals surface area contributed by atoms with Crippen molar-refractivity contribution in [3.63, 3.8) is 0 Å². The van der Waals surface area contributed by atoms with E-state index in [1.54, 1.807) is 6.08 Å². The van der Waals surface area contributed by atoms with Crippen LogP contribution in [0.1, 0.15) is 245 Å². The van der Waals surface area contributed by atoms with Crippen LogP contribution in [0.25, 0.3) is 0 Å². The maximum absolute atomic E-state index is 13.1. The molecule has 0 aromatic heterocycles. The molecule has 0 saturated carbocycles. The van der Waals surface area contributed by atoms with Crippen molar-refractivity contribution in [3.05, 3.63) is 36.5 Å². The van der Waals surface area contributed by atoms with E-state index in [1.807, 2.05) is 6.08 Å². The van der Waals surface area contributed by atoms with Crippen LogP contribution < -0.4 is 5.32 Å². The predicted octanol–water partition coefficient (Wildman–Crippen LogP) is 11.8. The van der Waals surface area contributed by atoms with E-state index in [-0.39, 0.29) is 6.61 Å². The minimum atomic E-state index is -1.62. The number of rotatable bonds is 46. The van der Waals surface area contributed by atoms with E-state index < -0.39 is 61.5 Å². The molecular weight excluding hydrogens is 819 g/mol. The molecule has 10 nitrogen and oxygen atoms in total. The van der Waals surface area contributed by atoms with Gasteiger partial charge in [-0.1, -0.05) is 237 Å². The fourth-order valence-electron chi connectivity index (χ4n) is 8.61. The maximum Gasteiger partial charge on any atom is 0.249 e. The highest BCUT2D eigenvalue weighted by Gasteiger charge is 2.44. The summed E-state index contributed by atoms with van der Waals surface area (Å²) in [5.74, 6) is -0.627. The van der Waals surface area contributed by atoms with Gasteiger partial charge in [-0.25, -0.2) is 0 Å². The highest BCUT2D eigenvalue weighted by atomic mass is 16.7. The number of allylic oxidation sites excluding steroid dienone is 5. The van der Waals surface area contributed by atoms with Crippen LogP contribution in [0.2, 0.25) is 0 Å². The van der Waals surface area contributed by atoms with Crippen molar-refractivity contribution in [1.29, 1.82) is 0 Å². The van der Waals surface area contributed by atoms with Crippen LogP contribution in [0.4, 0.5) is 0 Å². The van der Waals surface area contributed by atoms with Gasteiger partial charge in [-0.05, 0) is 44.9 Å². The number of aliphatic hydroxyl groups excluding tert-OH is 6. The third-order valence-electron chi connectivity index (χ3n) is 13.1. The van der Waals surface area contributed by atoms with E-state index in [0.717, 1.165) is 44.9 Å². The highest BCUT2D eigenvalue weighted by molar-refractivity contribution is 5.80. The number of hydrogen-bond donors (Lipinski definition) is 7. The van der Waals surface area contributed by atoms with Crippen molar-refractivity contribution in [2.75, 3.05) is 13.2 Å². The quantitative estimate of drug-likeness (QED) is 0.0232. The van der Waals surface area contributed by atoms with Gasteiger partial charge in [-0.2, -0.15) is 0 Å². The lowest BCUT2D eigenvalue weighted by Gasteiger charge is -2.40. The van der Waals surface area contributed by atoms with Gasteiger partial charge in [0.05, 0.1) is 25.4 Å². The van der Waals surface area contributed by atoms with Gasteiger partial charge in [-0.3, -0.25) is 4.79 Å². The molecule has 1 fully saturated rings. The van der Waals surface area contributed by atoms with E-state index in [2.05, 4.69) is 43.5 Å². The molecule has 1 heterocycles. The number of aliphatic hydroxyl groups is 6. The molecule has 0 aromatic rings. The Hall–Kier alpha value is -1.63. The third-order valence-corrected chi connectivity index (χ3v) is 13.1. The minimum absolute atomic E-state index is 0.304. The summed E-state index contributed by atoms with van der Waals surface area (Å²) in [7, 11) is 0. The number of ether oxygens (including phenoxy) is 2. The van der Waals surface area contributed by atoms with Gasteiger partial charge in [0.1, 0.15) is 30.5 Å². The summed E-state index contributed by atoms with van der Waals surface area (Å²) in [6.45, 7) is 3.58. The van der Waals surface area contributed by atoms with Crippen molar-refractivity contribution < 1.29 is 44.9 Å². The average Bonchev–Trinajstić information content (AvgIpc) is 3.31. The standard InChI is InChI=1S/C55H103NO9/c1-3-5-7-9-11-13-15-17-19-20-21-22-23-24-25-26-27-28-29-30-32-34-36-38-40-42-44-49(59)54(63)56-47(46-64-55-53(62)52(61)51(60)50(45-57)65-55)48(58)43-41-39-37-35-33-31-18-16-14-12-10-8-6-4-2/h14,16,33,35,41,43,47-53,55,57-62H,3-13,15,17-32,34,36-40,42,44-46H2,1-2H3,(H,56,63)/b16-14+,35-33+,43-41+. The Morgan fingerprint density at radius 3 is 1.34 bits per heavy atom. The average molecular weight is 922 g/mol. The summed E-state index contributed by atoms with van der Waals surface area (Å²) >= 11 is 0. The van der Waals surface area contributed by atoms with E-state index in [4.69, 9.17) is 9.47 Å². The van der Waals surface area contributed by atoms with Crippen molar-refractivity contribution in [2.45, 2.75) is 294 Å². The number of carbonyl (C=O) groups is 1. The number of carbonyl (C=O) groups excluding carboxylic acids is 1. The first-order valence-corrected chi connectivity index (χ1v) is 27.3. The smallest absolute Gasteiger partial charge is 0.249 e. The second-order valence-corrected chi connectivity index (χ2v) is 19.2. The molecular formula is C55H103NO9. The van der Waals surface area contributed by atoms with Gasteiger partial charge in [0.15, 0.2) is 6.29 Å². The van der Waals surface area contributed by atoms with E-state index in [9.17, 15) is 35.4 Å². The fourth-order valence-corrected chi connectivity index (χ4v) is 8.61. The third kappa shape index (κ3) is 34.3. The summed E-state index contributed by atoms with van der Waals surface area (Å²) in [6, 6.07) is -1.00. The zero-order valence-electron chi connectivity index (χ0n) is 41.9. The van der Waals surface area contributed by atoms with Crippen LogP contribution in [-0.2, 0) is 14.3 Å². The van der Waals surface area contributed by atoms with Crippen LogP contribution in [0.3, 0.4) is 0 Å². The van der Waals surface area contributed by atoms with Gasteiger partial charge < -0.3 is 45.4 Å². The van der Waals surface area contributed by atoms with Gasteiger partial charge in [-0.15, -0.1) is 0 Å². The lowest BCUT2D eigenvalue weighted by Crippen LogP contribution is -2.60. The molecule has 1 rings (SSSR count). The molecule has 0 bridgehead atoms. The van der Waals surface area contributed by atoms with Crippen LogP contribution in [0, 0.1) is 0 Å². The van der Waals surface area contributed by atoms with Crippen molar-refractivity contribution in [1.82, 2.24) is 5.32 Å². The Bertz CT molecular complexity index is 1130. The van der Waals surface area contributed by atoms with E-state index >= 15 is 0 Å². The molecule has 382 valence electrons. The van der Waals surface area contributed by atoms with Crippen molar-refractivity contribution in [2.24, 2.45) is 0 Å². The molecule has 1 aliphatic heterocycles. The van der Waals surface area contributed by atoms with Crippen molar-refractivity contribution in [3.8, 4) is 0 Å². The first-order chi connectivity index (χ1) is 31.8. The largest absolute Gasteiger partial charge is 0.394 e. The second-order valence-electron chi connectivity index (χ2n) is 19.2. The topological polar surface area (TPSA) is 169 Å². The van der Waals surface area contributed by atoms with Gasteiger partial charge in [0.2, 0.25) is 5.91 Å². The molecule has 0 aromatic carbocycles. The summed E-state index contributed by atoms with van der Waals surface area (Å²) in [6.07, 6.45) is 46.8. The van der Waals surface area contributed by atoms with E-state index in [1.165, 1.54) is 167 Å². The zero-order valence-corrected chi connectivity index (χ0v) is 41.9. The van der Waals surface area contributed by atoms with Crippen LogP contribution in [0.5, 0.6) is 0 Å². The Kier molecular flexibility index (Phi) is 42.4. The summed E-state index contributed by atoms with van der Waals surface area (Å²) in [5, 5.41) is 64.8. The van der Waals surface area contributed by atoms with E-state index in [0.29, 0.717) is 19.3 Å². The maximum atomic E-state index is 13.1. The number of amides is 1. The molecule has 0 spiro atoms. The Balaban J connectivity index is 2.26. The van der Waals surface area contributed by atoms with Gasteiger partial charge in [0, 0.05) is 0 Å². The lowest BCUT2D eigenvalue weighted by atomic mass is 9.99. The normalized spacial score (nSPS) is 20.6. The second kappa shape index (κ2) is 44.9. The highest BCUT2D eigenvalue weighted by Crippen LogP contribution is 2.23. The Morgan fingerprint density at radius 2 is 0.908 bits per heavy atom. The SMILES string of the molecule is CCCCCC/C=C/CC/C=C/CC/C=C/C(O)C(COC1OC(CO)C(O)C(O)C1O)NC(=O)C(O)CCCCCCCCCCCCCCCCCCCCCCCCCCCC. The zero-order chi connectivity index (χ0) is 47.4. The molecule has 10 heteroatoms. The fraction of sp³-hybridized carbons (Fsp3) is 0.873. The Labute approximate surface area is 398 Å². The number of nitrogens with one attached hydrogen (secondary N) is 1. The molecule has 7 N–H and O–H groups in total. The monoisotopic (exact) mass is 922 g/mol. The van der Waals surface area contributed by atoms with Gasteiger partial charge in [0.25, 0.3) is 0 Å². The van der Waals surface area contributed by atoms with Crippen LogP contribution in [0.15, 0.2) is 36.5 Å². The molecule has 0 aliphatic carbocycles. The van der Waals surface area contributed by atoms with Crippen molar-refractivity contribution >= 4 is 5.91 Å². The summed E-state index contributed by atoms with van der Waals surface area (Å²) in [4.78, 5) is 13.1. The summed E-state index contributed by atoms with van der Waals surface area (Å²) < 4.78 is 11.1. The molecule has 65 heavy (non-hydrogen) atoms. The predicted molar refractivity (Wildman–Crippen MR) is 269 cm³/mol. The molecule has 1 aliphatic rings. The minimum Gasteiger partial charge on any atom is -0.394 e. The molecule has 0 radical (unpaired) electrons. The number of unbranched alkanes of at least 4 members (excludes halogenated alkanes) is 31.